The van der Waals surface area contributed by atoms with Crippen LogP contribution in [0.4, 0.5) is 5.69 Å². The van der Waals surface area contributed by atoms with Crippen LogP contribution in [0.3, 0.4) is 0 Å². The van der Waals surface area contributed by atoms with Crippen LogP contribution in [0.25, 0.3) is 0 Å². The number of H-pyrrole nitrogens is 1. The predicted octanol–water partition coefficient (Wildman–Crippen LogP) is 2.26. The second-order valence-corrected chi connectivity index (χ2v) is 4.36. The van der Waals surface area contributed by atoms with Gasteiger partial charge in [0.25, 0.3) is 0 Å². The number of aryl methyl sites for hydroxylation is 2. The lowest BCUT2D eigenvalue weighted by Crippen LogP contribution is -2.01. The third-order valence-electron chi connectivity index (χ3n) is 2.94. The van der Waals surface area contributed by atoms with Gasteiger partial charge in [0.05, 0.1) is 18.6 Å². The summed E-state index contributed by atoms with van der Waals surface area (Å²) in [4.78, 5) is 7.32. The molecule has 0 aliphatic heterocycles. The van der Waals surface area contributed by atoms with Crippen molar-refractivity contribution in [2.24, 2.45) is 0 Å². The molecule has 0 radical (unpaired) electrons. The normalized spacial score (nSPS) is 10.6. The lowest BCUT2D eigenvalue weighted by atomic mass is 10.1. The first-order chi connectivity index (χ1) is 8.79. The summed E-state index contributed by atoms with van der Waals surface area (Å²) in [7, 11) is 0. The van der Waals surface area contributed by atoms with Crippen LogP contribution in [-0.4, -0.2) is 21.7 Å². The van der Waals surface area contributed by atoms with Gasteiger partial charge in [-0.1, -0.05) is 12.1 Å². The molecule has 2 rings (SSSR count). The Kier molecular flexibility index (Phi) is 4.36. The molecule has 0 spiro atoms. The molecule has 3 N–H and O–H groups in total. The lowest BCUT2D eigenvalue weighted by molar-refractivity contribution is 0.288. The van der Waals surface area contributed by atoms with E-state index in [1.807, 2.05) is 19.1 Å². The number of benzene rings is 1. The maximum absolute atomic E-state index is 8.83. The number of hydrogen-bond acceptors (Lipinski definition) is 3. The molecular formula is C14H19N3O. The Morgan fingerprint density at radius 1 is 1.39 bits per heavy atom. The number of nitrogens with zero attached hydrogens (tertiary/aromatic N) is 1. The number of aromatic amines is 1. The van der Waals surface area contributed by atoms with Crippen molar-refractivity contribution in [3.05, 3.63) is 47.5 Å². The Morgan fingerprint density at radius 2 is 2.28 bits per heavy atom. The fraction of sp³-hybridized carbons (Fsp3) is 0.357. The van der Waals surface area contributed by atoms with Gasteiger partial charge in [0, 0.05) is 18.0 Å². The van der Waals surface area contributed by atoms with E-state index in [2.05, 4.69) is 27.4 Å². The number of aliphatic hydroxyl groups is 1. The second-order valence-electron chi connectivity index (χ2n) is 4.36. The van der Waals surface area contributed by atoms with Gasteiger partial charge in [-0.15, -0.1) is 0 Å². The summed E-state index contributed by atoms with van der Waals surface area (Å²) in [5.41, 5.74) is 4.47. The van der Waals surface area contributed by atoms with Gasteiger partial charge in [0.2, 0.25) is 0 Å². The molecule has 0 amide bonds. The molecule has 4 heteroatoms. The number of nitrogens with one attached hydrogen (secondary N) is 2. The first kappa shape index (κ1) is 12.6. The standard InChI is InChI=1S/C14H19N3O/c1-11-14(17-10-16-11)9-15-13-6-2-4-12(8-13)5-3-7-18/h2,4,6,8,10,15,18H,3,5,7,9H2,1H3,(H,16,17). The van der Waals surface area contributed by atoms with Crippen LogP contribution >= 0.6 is 0 Å². The summed E-state index contributed by atoms with van der Waals surface area (Å²) >= 11 is 0. The molecule has 18 heavy (non-hydrogen) atoms. The quantitative estimate of drug-likeness (QED) is 0.731. The van der Waals surface area contributed by atoms with Crippen molar-refractivity contribution in [2.75, 3.05) is 11.9 Å². The number of aliphatic hydroxyl groups excluding tert-OH is 1. The number of hydrogen-bond donors (Lipinski definition) is 3. The van der Waals surface area contributed by atoms with Gasteiger partial charge in [-0.05, 0) is 37.5 Å². The van der Waals surface area contributed by atoms with Crippen molar-refractivity contribution in [3.63, 3.8) is 0 Å². The van der Waals surface area contributed by atoms with Crippen LogP contribution in [0.5, 0.6) is 0 Å². The van der Waals surface area contributed by atoms with Crippen molar-refractivity contribution >= 4 is 5.69 Å². The number of imidazole rings is 1. The van der Waals surface area contributed by atoms with Gasteiger partial charge in [0.15, 0.2) is 0 Å². The van der Waals surface area contributed by atoms with Crippen molar-refractivity contribution < 1.29 is 5.11 Å². The van der Waals surface area contributed by atoms with Gasteiger partial charge < -0.3 is 15.4 Å². The summed E-state index contributed by atoms with van der Waals surface area (Å²) in [5.74, 6) is 0. The Bertz CT molecular complexity index is 493. The zero-order valence-electron chi connectivity index (χ0n) is 10.6. The van der Waals surface area contributed by atoms with Gasteiger partial charge in [-0.25, -0.2) is 4.98 Å². The second kappa shape index (κ2) is 6.21. The maximum Gasteiger partial charge on any atom is 0.0925 e. The highest BCUT2D eigenvalue weighted by Crippen LogP contribution is 2.13. The lowest BCUT2D eigenvalue weighted by Gasteiger charge is -2.07. The van der Waals surface area contributed by atoms with Crippen molar-refractivity contribution in [2.45, 2.75) is 26.3 Å². The maximum atomic E-state index is 8.83. The first-order valence-corrected chi connectivity index (χ1v) is 6.22. The summed E-state index contributed by atoms with van der Waals surface area (Å²) < 4.78 is 0. The molecule has 96 valence electrons. The molecule has 0 aliphatic carbocycles. The molecule has 1 aromatic heterocycles. The van der Waals surface area contributed by atoms with Crippen molar-refractivity contribution in [1.29, 1.82) is 0 Å². The largest absolute Gasteiger partial charge is 0.396 e. The Labute approximate surface area is 107 Å². The van der Waals surface area contributed by atoms with Gasteiger partial charge >= 0.3 is 0 Å². The molecular weight excluding hydrogens is 226 g/mol. The van der Waals surface area contributed by atoms with Crippen LogP contribution in [-0.2, 0) is 13.0 Å². The monoisotopic (exact) mass is 245 g/mol. The predicted molar refractivity (Wildman–Crippen MR) is 72.5 cm³/mol. The van der Waals surface area contributed by atoms with Gasteiger partial charge in [-0.2, -0.15) is 0 Å². The first-order valence-electron chi connectivity index (χ1n) is 6.22. The minimum atomic E-state index is 0.240. The highest BCUT2D eigenvalue weighted by molar-refractivity contribution is 5.46. The number of rotatable bonds is 6. The molecule has 2 aromatic rings. The Hall–Kier alpha value is -1.81. The average Bonchev–Trinajstić information content (AvgIpc) is 2.80. The minimum Gasteiger partial charge on any atom is -0.396 e. The van der Waals surface area contributed by atoms with Gasteiger partial charge in [0.1, 0.15) is 0 Å². The molecule has 0 saturated carbocycles. The van der Waals surface area contributed by atoms with E-state index >= 15 is 0 Å². The summed E-state index contributed by atoms with van der Waals surface area (Å²) in [6.07, 6.45) is 3.43. The van der Waals surface area contributed by atoms with E-state index in [1.54, 1.807) is 6.33 Å². The average molecular weight is 245 g/mol. The molecule has 0 saturated heterocycles. The molecule has 0 fully saturated rings. The number of anilines is 1. The fourth-order valence-electron chi connectivity index (χ4n) is 1.87. The molecule has 4 nitrogen and oxygen atoms in total. The SMILES string of the molecule is Cc1[nH]cnc1CNc1cccc(CCCO)c1. The molecule has 0 atom stereocenters. The summed E-state index contributed by atoms with van der Waals surface area (Å²) in [6, 6.07) is 8.29. The molecule has 0 unspecified atom stereocenters. The van der Waals surface area contributed by atoms with Crippen LogP contribution in [0.1, 0.15) is 23.4 Å². The fourth-order valence-corrected chi connectivity index (χ4v) is 1.87. The third kappa shape index (κ3) is 3.34. The summed E-state index contributed by atoms with van der Waals surface area (Å²) in [6.45, 7) is 2.98. The third-order valence-corrected chi connectivity index (χ3v) is 2.94. The van der Waals surface area contributed by atoms with Crippen LogP contribution in [0.2, 0.25) is 0 Å². The highest BCUT2D eigenvalue weighted by atomic mass is 16.2. The molecule has 0 aliphatic rings. The molecule has 1 heterocycles. The van der Waals surface area contributed by atoms with Crippen molar-refractivity contribution in [1.82, 2.24) is 9.97 Å². The zero-order chi connectivity index (χ0) is 12.8. The Morgan fingerprint density at radius 3 is 3.00 bits per heavy atom. The topological polar surface area (TPSA) is 60.9 Å². The van der Waals surface area contributed by atoms with E-state index in [0.29, 0.717) is 0 Å². The number of aromatic nitrogens is 2. The molecule has 1 aromatic carbocycles. The van der Waals surface area contributed by atoms with E-state index in [0.717, 1.165) is 36.5 Å². The van der Waals surface area contributed by atoms with Crippen LogP contribution < -0.4 is 5.32 Å². The van der Waals surface area contributed by atoms with Crippen molar-refractivity contribution in [3.8, 4) is 0 Å². The van der Waals surface area contributed by atoms with E-state index in [-0.39, 0.29) is 6.61 Å². The summed E-state index contributed by atoms with van der Waals surface area (Å²) in [5, 5.41) is 12.2. The van der Waals surface area contributed by atoms with Gasteiger partial charge in [-0.3, -0.25) is 0 Å². The highest BCUT2D eigenvalue weighted by Gasteiger charge is 2.01. The Balaban J connectivity index is 1.95. The smallest absolute Gasteiger partial charge is 0.0925 e. The van der Waals surface area contributed by atoms with E-state index < -0.39 is 0 Å². The zero-order valence-corrected chi connectivity index (χ0v) is 10.6. The van der Waals surface area contributed by atoms with Crippen LogP contribution in [0, 0.1) is 6.92 Å². The molecule has 0 bridgehead atoms. The van der Waals surface area contributed by atoms with E-state index in [1.165, 1.54) is 5.56 Å². The van der Waals surface area contributed by atoms with E-state index in [9.17, 15) is 0 Å². The van der Waals surface area contributed by atoms with Crippen LogP contribution in [0.15, 0.2) is 30.6 Å². The minimum absolute atomic E-state index is 0.240. The van der Waals surface area contributed by atoms with E-state index in [4.69, 9.17) is 5.11 Å².